The van der Waals surface area contributed by atoms with Crippen LogP contribution in [0.4, 0.5) is 0 Å². The largest absolute Gasteiger partial charge is 0.497 e. The third-order valence-corrected chi connectivity index (χ3v) is 2.94. The number of rotatable bonds is 3. The van der Waals surface area contributed by atoms with Crippen molar-refractivity contribution in [3.8, 4) is 22.9 Å². The topological polar surface area (TPSA) is 44.2 Å². The molecule has 0 radical (unpaired) electrons. The predicted molar refractivity (Wildman–Crippen MR) is 70.3 cm³/mol. The van der Waals surface area contributed by atoms with Gasteiger partial charge in [0.1, 0.15) is 16.7 Å². The highest BCUT2D eigenvalue weighted by atomic mass is 35.5. The Hall–Kier alpha value is -1.81. The summed E-state index contributed by atoms with van der Waals surface area (Å²) >= 11 is 6.01. The molecular formula is C13H13ClN2O2. The molecule has 0 aliphatic heterocycles. The van der Waals surface area contributed by atoms with Crippen molar-refractivity contribution in [3.05, 3.63) is 35.1 Å². The van der Waals surface area contributed by atoms with Crippen LogP contribution in [0.2, 0.25) is 5.15 Å². The van der Waals surface area contributed by atoms with Gasteiger partial charge in [0.05, 0.1) is 19.8 Å². The smallest absolute Gasteiger partial charge is 0.164 e. The van der Waals surface area contributed by atoms with Crippen LogP contribution in [-0.4, -0.2) is 24.2 Å². The van der Waals surface area contributed by atoms with Gasteiger partial charge in [-0.15, -0.1) is 0 Å². The first kappa shape index (κ1) is 12.6. The van der Waals surface area contributed by atoms with Crippen molar-refractivity contribution < 1.29 is 9.47 Å². The second-order valence-corrected chi connectivity index (χ2v) is 4.09. The number of ether oxygens (including phenoxy) is 2. The van der Waals surface area contributed by atoms with Crippen LogP contribution in [0.5, 0.6) is 11.5 Å². The number of hydrogen-bond donors (Lipinski definition) is 0. The van der Waals surface area contributed by atoms with Gasteiger partial charge in [-0.1, -0.05) is 11.6 Å². The molecule has 0 N–H and O–H groups in total. The highest BCUT2D eigenvalue weighted by Crippen LogP contribution is 2.31. The van der Waals surface area contributed by atoms with Gasteiger partial charge < -0.3 is 9.47 Å². The molecule has 2 rings (SSSR count). The van der Waals surface area contributed by atoms with E-state index in [1.54, 1.807) is 20.4 Å². The monoisotopic (exact) mass is 264 g/mol. The van der Waals surface area contributed by atoms with E-state index >= 15 is 0 Å². The molecule has 0 aliphatic carbocycles. The summed E-state index contributed by atoms with van der Waals surface area (Å²) in [6.07, 6.45) is 1.68. The highest BCUT2D eigenvalue weighted by molar-refractivity contribution is 6.30. The molecule has 0 atom stereocenters. The maximum absolute atomic E-state index is 6.01. The van der Waals surface area contributed by atoms with E-state index in [-0.39, 0.29) is 0 Å². The van der Waals surface area contributed by atoms with Gasteiger partial charge in [0.25, 0.3) is 0 Å². The first-order valence-electron chi connectivity index (χ1n) is 5.37. The summed E-state index contributed by atoms with van der Waals surface area (Å²) in [4.78, 5) is 8.51. The minimum absolute atomic E-state index is 0.435. The molecule has 0 saturated heterocycles. The molecular weight excluding hydrogens is 252 g/mol. The second-order valence-electron chi connectivity index (χ2n) is 3.73. The summed E-state index contributed by atoms with van der Waals surface area (Å²) in [6, 6.07) is 5.45. The lowest BCUT2D eigenvalue weighted by atomic mass is 10.1. The molecule has 18 heavy (non-hydrogen) atoms. The third kappa shape index (κ3) is 2.38. The Morgan fingerprint density at radius 3 is 2.56 bits per heavy atom. The minimum atomic E-state index is 0.435. The standard InChI is InChI=1S/C13H13ClN2O2/c1-8-7-15-13(16-12(8)14)10-6-9(17-2)4-5-11(10)18-3/h4-7H,1-3H3. The van der Waals surface area contributed by atoms with Gasteiger partial charge in [-0.05, 0) is 25.1 Å². The Morgan fingerprint density at radius 1 is 1.17 bits per heavy atom. The molecule has 0 amide bonds. The molecule has 5 heteroatoms. The summed E-state index contributed by atoms with van der Waals surface area (Å²) < 4.78 is 10.5. The number of benzene rings is 1. The molecule has 0 spiro atoms. The SMILES string of the molecule is COc1ccc(OC)c(-c2ncc(C)c(Cl)n2)c1. The molecule has 4 nitrogen and oxygen atoms in total. The number of methoxy groups -OCH3 is 2. The lowest BCUT2D eigenvalue weighted by Crippen LogP contribution is -1.95. The van der Waals surface area contributed by atoms with E-state index in [0.29, 0.717) is 22.5 Å². The molecule has 2 aromatic rings. The second kappa shape index (κ2) is 5.23. The highest BCUT2D eigenvalue weighted by Gasteiger charge is 2.11. The van der Waals surface area contributed by atoms with E-state index in [0.717, 1.165) is 11.1 Å². The third-order valence-electron chi connectivity index (χ3n) is 2.56. The summed E-state index contributed by atoms with van der Waals surface area (Å²) in [5, 5.41) is 0.435. The molecule has 0 unspecified atom stereocenters. The van der Waals surface area contributed by atoms with Crippen molar-refractivity contribution in [2.24, 2.45) is 0 Å². The Balaban J connectivity index is 2.57. The van der Waals surface area contributed by atoms with Crippen molar-refractivity contribution in [1.29, 1.82) is 0 Å². The summed E-state index contributed by atoms with van der Waals surface area (Å²) in [7, 11) is 3.20. The van der Waals surface area contributed by atoms with Crippen molar-refractivity contribution in [2.45, 2.75) is 6.92 Å². The van der Waals surface area contributed by atoms with Crippen molar-refractivity contribution in [2.75, 3.05) is 14.2 Å². The number of halogens is 1. The van der Waals surface area contributed by atoms with Crippen LogP contribution >= 0.6 is 11.6 Å². The number of nitrogens with zero attached hydrogens (tertiary/aromatic N) is 2. The van der Waals surface area contributed by atoms with Crippen LogP contribution in [-0.2, 0) is 0 Å². The van der Waals surface area contributed by atoms with Crippen LogP contribution in [0, 0.1) is 6.92 Å². The molecule has 94 valence electrons. The summed E-state index contributed by atoms with van der Waals surface area (Å²) in [5.41, 5.74) is 1.58. The van der Waals surface area contributed by atoms with Gasteiger partial charge in [-0.2, -0.15) is 0 Å². The van der Waals surface area contributed by atoms with E-state index in [4.69, 9.17) is 21.1 Å². The van der Waals surface area contributed by atoms with E-state index in [1.807, 2.05) is 25.1 Å². The zero-order chi connectivity index (χ0) is 13.1. The molecule has 0 aliphatic rings. The lowest BCUT2D eigenvalue weighted by molar-refractivity contribution is 0.404. The van der Waals surface area contributed by atoms with Crippen LogP contribution in [0.15, 0.2) is 24.4 Å². The average Bonchev–Trinajstić information content (AvgIpc) is 2.41. The van der Waals surface area contributed by atoms with Crippen molar-refractivity contribution >= 4 is 11.6 Å². The van der Waals surface area contributed by atoms with E-state index < -0.39 is 0 Å². The average molecular weight is 265 g/mol. The number of aryl methyl sites for hydroxylation is 1. The molecule has 0 fully saturated rings. The van der Waals surface area contributed by atoms with Crippen LogP contribution in [0.25, 0.3) is 11.4 Å². The maximum atomic E-state index is 6.01. The fourth-order valence-corrected chi connectivity index (χ4v) is 1.67. The van der Waals surface area contributed by atoms with Gasteiger partial charge in [-0.25, -0.2) is 9.97 Å². The predicted octanol–water partition coefficient (Wildman–Crippen LogP) is 3.12. The zero-order valence-electron chi connectivity index (χ0n) is 10.4. The maximum Gasteiger partial charge on any atom is 0.164 e. The number of aromatic nitrogens is 2. The van der Waals surface area contributed by atoms with Crippen LogP contribution in [0.1, 0.15) is 5.56 Å². The zero-order valence-corrected chi connectivity index (χ0v) is 11.2. The molecule has 0 saturated carbocycles. The normalized spacial score (nSPS) is 10.2. The fourth-order valence-electron chi connectivity index (χ4n) is 1.54. The summed E-state index contributed by atoms with van der Waals surface area (Å²) in [6.45, 7) is 1.86. The van der Waals surface area contributed by atoms with Crippen molar-refractivity contribution in [1.82, 2.24) is 9.97 Å². The fraction of sp³-hybridized carbons (Fsp3) is 0.231. The molecule has 1 aromatic heterocycles. The van der Waals surface area contributed by atoms with E-state index in [2.05, 4.69) is 9.97 Å². The van der Waals surface area contributed by atoms with Gasteiger partial charge in [0, 0.05) is 11.8 Å². The summed E-state index contributed by atoms with van der Waals surface area (Å²) in [5.74, 6) is 1.91. The quantitative estimate of drug-likeness (QED) is 0.799. The van der Waals surface area contributed by atoms with Gasteiger partial charge in [0.2, 0.25) is 0 Å². The van der Waals surface area contributed by atoms with Gasteiger partial charge in [0.15, 0.2) is 5.82 Å². The van der Waals surface area contributed by atoms with Crippen LogP contribution in [0.3, 0.4) is 0 Å². The Morgan fingerprint density at radius 2 is 1.94 bits per heavy atom. The Bertz CT molecular complexity index is 573. The Labute approximate surface area is 111 Å². The number of hydrogen-bond acceptors (Lipinski definition) is 4. The lowest BCUT2D eigenvalue weighted by Gasteiger charge is -2.09. The van der Waals surface area contributed by atoms with Crippen LogP contribution < -0.4 is 9.47 Å². The molecule has 1 aromatic carbocycles. The Kier molecular flexibility index (Phi) is 3.67. The minimum Gasteiger partial charge on any atom is -0.497 e. The van der Waals surface area contributed by atoms with Gasteiger partial charge >= 0.3 is 0 Å². The van der Waals surface area contributed by atoms with Crippen molar-refractivity contribution in [3.63, 3.8) is 0 Å². The molecule has 0 bridgehead atoms. The first-order chi connectivity index (χ1) is 8.65. The van der Waals surface area contributed by atoms with E-state index in [1.165, 1.54) is 0 Å². The molecule has 1 heterocycles. The van der Waals surface area contributed by atoms with Gasteiger partial charge in [-0.3, -0.25) is 0 Å². The van der Waals surface area contributed by atoms with E-state index in [9.17, 15) is 0 Å². The first-order valence-corrected chi connectivity index (χ1v) is 5.75.